The third kappa shape index (κ3) is 2.33. The van der Waals surface area contributed by atoms with E-state index in [-0.39, 0.29) is 12.1 Å². The lowest BCUT2D eigenvalue weighted by atomic mass is 10.1. The molecule has 2 heterocycles. The Balaban J connectivity index is 2.11. The van der Waals surface area contributed by atoms with Crippen LogP contribution in [0, 0.1) is 0 Å². The number of nitrogens with two attached hydrogens (primary N) is 1. The summed E-state index contributed by atoms with van der Waals surface area (Å²) >= 11 is 0. The summed E-state index contributed by atoms with van der Waals surface area (Å²) in [5, 5.41) is 6.25. The van der Waals surface area contributed by atoms with Gasteiger partial charge in [-0.2, -0.15) is 9.97 Å². The molecule has 0 aromatic carbocycles. The maximum absolute atomic E-state index is 5.61. The highest BCUT2D eigenvalue weighted by Gasteiger charge is 2.24. The smallest absolute Gasteiger partial charge is 0.223 e. The molecule has 0 aliphatic carbocycles. The molecular formula is C10H17N5O. The van der Waals surface area contributed by atoms with Gasteiger partial charge in [0, 0.05) is 19.7 Å². The van der Waals surface area contributed by atoms with E-state index in [4.69, 9.17) is 10.5 Å². The Bertz CT molecular complexity index is 370. The topological polar surface area (TPSA) is 85.1 Å². The number of aromatic nitrogens is 2. The second kappa shape index (κ2) is 4.52. The molecule has 88 valence electrons. The molecule has 1 aliphatic heterocycles. The summed E-state index contributed by atoms with van der Waals surface area (Å²) in [6.07, 6.45) is 1.19. The number of hydrogen-bond acceptors (Lipinski definition) is 6. The van der Waals surface area contributed by atoms with Crippen LogP contribution in [-0.4, -0.2) is 35.8 Å². The molecule has 4 N–H and O–H groups in total. The Kier molecular flexibility index (Phi) is 3.09. The summed E-state index contributed by atoms with van der Waals surface area (Å²) in [6.45, 7) is 2.84. The summed E-state index contributed by atoms with van der Waals surface area (Å²) < 4.78 is 5.47. The molecule has 1 aromatic rings. The molecule has 0 bridgehead atoms. The molecule has 6 nitrogen and oxygen atoms in total. The van der Waals surface area contributed by atoms with Gasteiger partial charge in [-0.25, -0.2) is 0 Å². The lowest BCUT2D eigenvalue weighted by Crippen LogP contribution is -2.27. The molecule has 0 saturated carbocycles. The second-order valence-electron chi connectivity index (χ2n) is 3.86. The van der Waals surface area contributed by atoms with Crippen LogP contribution in [0.15, 0.2) is 6.07 Å². The van der Waals surface area contributed by atoms with E-state index in [1.165, 1.54) is 0 Å². The highest BCUT2D eigenvalue weighted by atomic mass is 16.5. The van der Waals surface area contributed by atoms with Gasteiger partial charge >= 0.3 is 0 Å². The van der Waals surface area contributed by atoms with Crippen LogP contribution in [0.4, 0.5) is 17.6 Å². The minimum absolute atomic E-state index is 0.203. The van der Waals surface area contributed by atoms with Crippen molar-refractivity contribution in [1.82, 2.24) is 9.97 Å². The van der Waals surface area contributed by atoms with E-state index >= 15 is 0 Å². The van der Waals surface area contributed by atoms with Crippen molar-refractivity contribution in [3.8, 4) is 0 Å². The lowest BCUT2D eigenvalue weighted by molar-refractivity contribution is 0.121. The van der Waals surface area contributed by atoms with Crippen molar-refractivity contribution in [3.05, 3.63) is 6.07 Å². The van der Waals surface area contributed by atoms with Gasteiger partial charge in [0.25, 0.3) is 0 Å². The molecule has 0 radical (unpaired) electrons. The van der Waals surface area contributed by atoms with E-state index in [2.05, 4.69) is 20.6 Å². The number of nitrogens with zero attached hydrogens (tertiary/aromatic N) is 2. The van der Waals surface area contributed by atoms with Gasteiger partial charge in [0.05, 0.1) is 12.1 Å². The summed E-state index contributed by atoms with van der Waals surface area (Å²) in [6, 6.07) is 2.13. The zero-order chi connectivity index (χ0) is 11.5. The molecule has 0 spiro atoms. The van der Waals surface area contributed by atoms with E-state index in [0.29, 0.717) is 11.9 Å². The summed E-state index contributed by atoms with van der Waals surface area (Å²) in [5.74, 6) is 1.71. The van der Waals surface area contributed by atoms with Crippen LogP contribution >= 0.6 is 0 Å². The Hall–Kier alpha value is -1.56. The predicted octanol–water partition coefficient (Wildman–Crippen LogP) is 0.690. The van der Waals surface area contributed by atoms with E-state index in [0.717, 1.165) is 18.8 Å². The van der Waals surface area contributed by atoms with Gasteiger partial charge in [-0.05, 0) is 13.3 Å². The Morgan fingerprint density at radius 1 is 1.44 bits per heavy atom. The van der Waals surface area contributed by atoms with Crippen molar-refractivity contribution in [2.75, 3.05) is 30.0 Å². The molecule has 1 saturated heterocycles. The van der Waals surface area contributed by atoms with Crippen molar-refractivity contribution in [3.63, 3.8) is 0 Å². The fourth-order valence-electron chi connectivity index (χ4n) is 1.78. The van der Waals surface area contributed by atoms with E-state index < -0.39 is 0 Å². The number of anilines is 3. The van der Waals surface area contributed by atoms with Crippen LogP contribution in [0.1, 0.15) is 13.3 Å². The third-order valence-electron chi connectivity index (χ3n) is 2.71. The Labute approximate surface area is 94.6 Å². The molecule has 2 atom stereocenters. The first-order chi connectivity index (χ1) is 7.69. The summed E-state index contributed by atoms with van der Waals surface area (Å²) in [5.41, 5.74) is 5.61. The van der Waals surface area contributed by atoms with Gasteiger partial charge < -0.3 is 21.1 Å². The monoisotopic (exact) mass is 223 g/mol. The quantitative estimate of drug-likeness (QED) is 0.699. The zero-order valence-corrected chi connectivity index (χ0v) is 9.53. The van der Waals surface area contributed by atoms with E-state index in [1.807, 2.05) is 13.0 Å². The number of nitrogens with one attached hydrogen (secondary N) is 2. The van der Waals surface area contributed by atoms with Crippen molar-refractivity contribution < 1.29 is 4.74 Å². The van der Waals surface area contributed by atoms with Crippen LogP contribution < -0.4 is 16.4 Å². The summed E-state index contributed by atoms with van der Waals surface area (Å²) in [4.78, 5) is 8.17. The van der Waals surface area contributed by atoms with Gasteiger partial charge in [-0.1, -0.05) is 0 Å². The maximum atomic E-state index is 5.61. The van der Waals surface area contributed by atoms with Crippen molar-refractivity contribution in [1.29, 1.82) is 0 Å². The van der Waals surface area contributed by atoms with Gasteiger partial charge in [-0.3, -0.25) is 0 Å². The van der Waals surface area contributed by atoms with Crippen LogP contribution in [0.5, 0.6) is 0 Å². The Morgan fingerprint density at radius 3 is 2.81 bits per heavy atom. The van der Waals surface area contributed by atoms with Crippen molar-refractivity contribution >= 4 is 17.6 Å². The molecule has 1 fully saturated rings. The van der Waals surface area contributed by atoms with Crippen LogP contribution in [0.3, 0.4) is 0 Å². The van der Waals surface area contributed by atoms with Crippen molar-refractivity contribution in [2.45, 2.75) is 25.5 Å². The van der Waals surface area contributed by atoms with Crippen LogP contribution in [0.25, 0.3) is 0 Å². The van der Waals surface area contributed by atoms with Gasteiger partial charge in [-0.15, -0.1) is 0 Å². The van der Waals surface area contributed by atoms with Gasteiger partial charge in [0.2, 0.25) is 5.95 Å². The molecular weight excluding hydrogens is 206 g/mol. The minimum Gasteiger partial charge on any atom is -0.376 e. The van der Waals surface area contributed by atoms with Gasteiger partial charge in [0.1, 0.15) is 11.6 Å². The second-order valence-corrected chi connectivity index (χ2v) is 3.86. The molecule has 6 heteroatoms. The average molecular weight is 223 g/mol. The first kappa shape index (κ1) is 10.9. The largest absolute Gasteiger partial charge is 0.376 e. The normalized spacial score (nSPS) is 24.4. The molecule has 1 aliphatic rings. The summed E-state index contributed by atoms with van der Waals surface area (Å²) in [7, 11) is 1.80. The predicted molar refractivity (Wildman–Crippen MR) is 63.4 cm³/mol. The van der Waals surface area contributed by atoms with Crippen LogP contribution in [-0.2, 0) is 4.74 Å². The number of hydrogen-bond donors (Lipinski definition) is 3. The fraction of sp³-hybridized carbons (Fsp3) is 0.600. The molecule has 2 rings (SSSR count). The third-order valence-corrected chi connectivity index (χ3v) is 2.71. The maximum Gasteiger partial charge on any atom is 0.223 e. The molecule has 2 unspecified atom stereocenters. The highest BCUT2D eigenvalue weighted by molar-refractivity contribution is 5.51. The zero-order valence-electron chi connectivity index (χ0n) is 9.53. The standard InChI is InChI=1S/C10H17N5O/c1-6-7(3-4-16-6)13-9-5-8(12-2)14-10(11)15-9/h5-7H,3-4H2,1-2H3,(H4,11,12,13,14,15). The number of rotatable bonds is 3. The van der Waals surface area contributed by atoms with E-state index in [9.17, 15) is 0 Å². The first-order valence-corrected chi connectivity index (χ1v) is 5.39. The Morgan fingerprint density at radius 2 is 2.19 bits per heavy atom. The number of nitrogen functional groups attached to an aromatic ring is 1. The van der Waals surface area contributed by atoms with Crippen LogP contribution in [0.2, 0.25) is 0 Å². The minimum atomic E-state index is 0.203. The molecule has 16 heavy (non-hydrogen) atoms. The van der Waals surface area contributed by atoms with Crippen molar-refractivity contribution in [2.24, 2.45) is 0 Å². The van der Waals surface area contributed by atoms with E-state index in [1.54, 1.807) is 7.05 Å². The molecule has 1 aromatic heterocycles. The number of ether oxygens (including phenoxy) is 1. The van der Waals surface area contributed by atoms with Gasteiger partial charge in [0.15, 0.2) is 0 Å². The molecule has 0 amide bonds. The average Bonchev–Trinajstić information content (AvgIpc) is 2.63. The fourth-order valence-corrected chi connectivity index (χ4v) is 1.78. The SMILES string of the molecule is CNc1cc(NC2CCOC2C)nc(N)n1. The first-order valence-electron chi connectivity index (χ1n) is 5.39. The lowest BCUT2D eigenvalue weighted by Gasteiger charge is -2.17. The highest BCUT2D eigenvalue weighted by Crippen LogP contribution is 2.19.